The summed E-state index contributed by atoms with van der Waals surface area (Å²) in [4.78, 5) is 4.33. The van der Waals surface area contributed by atoms with Gasteiger partial charge in [-0.3, -0.25) is 0 Å². The van der Waals surface area contributed by atoms with Crippen LogP contribution in [0.4, 0.5) is 0 Å². The van der Waals surface area contributed by atoms with E-state index in [0.29, 0.717) is 13.1 Å². The summed E-state index contributed by atoms with van der Waals surface area (Å²) in [5.74, 6) is 1.76. The molecule has 0 aliphatic carbocycles. The molecule has 1 aromatic heterocycles. The normalized spacial score (nSPS) is 11.7. The van der Waals surface area contributed by atoms with E-state index in [9.17, 15) is 0 Å². The third-order valence-corrected chi connectivity index (χ3v) is 3.53. The number of benzene rings is 1. The van der Waals surface area contributed by atoms with Crippen molar-refractivity contribution in [3.05, 3.63) is 40.4 Å². The Balaban J connectivity index is 2.17. The van der Waals surface area contributed by atoms with Crippen LogP contribution < -0.4 is 10.1 Å². The topological polar surface area (TPSA) is 52.0 Å². The number of methoxy groups -OCH3 is 1. The first-order valence-corrected chi connectivity index (χ1v) is 7.62. The van der Waals surface area contributed by atoms with Gasteiger partial charge in [0.25, 0.3) is 0 Å². The minimum absolute atomic E-state index is 0.0459. The van der Waals surface area contributed by atoms with Gasteiger partial charge in [0.1, 0.15) is 17.9 Å². The SMILES string of the molecule is COc1ccc(Br)cc1Cn1ncnc1CNC(C)(C)C. The maximum absolute atomic E-state index is 5.41. The summed E-state index contributed by atoms with van der Waals surface area (Å²) in [5.41, 5.74) is 1.11. The molecule has 0 radical (unpaired) electrons. The summed E-state index contributed by atoms with van der Waals surface area (Å²) in [6.45, 7) is 7.70. The molecule has 0 spiro atoms. The highest BCUT2D eigenvalue weighted by Crippen LogP contribution is 2.23. The molecular weight excluding hydrogens is 332 g/mol. The fraction of sp³-hybridized carbons (Fsp3) is 0.467. The van der Waals surface area contributed by atoms with Gasteiger partial charge in [-0.1, -0.05) is 15.9 Å². The van der Waals surface area contributed by atoms with E-state index in [0.717, 1.165) is 21.6 Å². The van der Waals surface area contributed by atoms with E-state index in [4.69, 9.17) is 4.74 Å². The molecule has 0 saturated carbocycles. The Kier molecular flexibility index (Phi) is 5.00. The molecule has 0 atom stereocenters. The minimum Gasteiger partial charge on any atom is -0.496 e. The highest BCUT2D eigenvalue weighted by atomic mass is 79.9. The van der Waals surface area contributed by atoms with Gasteiger partial charge in [-0.2, -0.15) is 5.10 Å². The quantitative estimate of drug-likeness (QED) is 0.898. The zero-order valence-electron chi connectivity index (χ0n) is 12.9. The van der Waals surface area contributed by atoms with E-state index < -0.39 is 0 Å². The van der Waals surface area contributed by atoms with Crippen molar-refractivity contribution in [2.24, 2.45) is 0 Å². The smallest absolute Gasteiger partial charge is 0.141 e. The number of aromatic nitrogens is 3. The van der Waals surface area contributed by atoms with Crippen LogP contribution in [-0.4, -0.2) is 27.4 Å². The number of hydrogen-bond donors (Lipinski definition) is 1. The molecule has 0 aliphatic rings. The molecule has 1 N–H and O–H groups in total. The van der Waals surface area contributed by atoms with E-state index in [2.05, 4.69) is 52.1 Å². The molecule has 2 rings (SSSR count). The molecule has 1 aromatic carbocycles. The van der Waals surface area contributed by atoms with E-state index >= 15 is 0 Å². The van der Waals surface area contributed by atoms with Gasteiger partial charge < -0.3 is 10.1 Å². The van der Waals surface area contributed by atoms with Crippen LogP contribution in [0.2, 0.25) is 0 Å². The largest absolute Gasteiger partial charge is 0.496 e. The van der Waals surface area contributed by atoms with Gasteiger partial charge in [0.15, 0.2) is 0 Å². The highest BCUT2D eigenvalue weighted by molar-refractivity contribution is 9.10. The van der Waals surface area contributed by atoms with Gasteiger partial charge in [-0.15, -0.1) is 0 Å². The number of nitrogens with one attached hydrogen (secondary N) is 1. The summed E-state index contributed by atoms with van der Waals surface area (Å²) in [6, 6.07) is 5.96. The molecular formula is C15H21BrN4O. The maximum Gasteiger partial charge on any atom is 0.141 e. The van der Waals surface area contributed by atoms with Crippen molar-refractivity contribution in [2.45, 2.75) is 39.4 Å². The van der Waals surface area contributed by atoms with Gasteiger partial charge in [0.2, 0.25) is 0 Å². The van der Waals surface area contributed by atoms with Gasteiger partial charge in [-0.25, -0.2) is 9.67 Å². The molecule has 0 unspecified atom stereocenters. The second-order valence-electron chi connectivity index (χ2n) is 5.89. The Labute approximate surface area is 133 Å². The van der Waals surface area contributed by atoms with Crippen molar-refractivity contribution >= 4 is 15.9 Å². The lowest BCUT2D eigenvalue weighted by Gasteiger charge is -2.20. The van der Waals surface area contributed by atoms with E-state index in [1.807, 2.05) is 22.9 Å². The fourth-order valence-corrected chi connectivity index (χ4v) is 2.34. The van der Waals surface area contributed by atoms with Crippen LogP contribution in [0.1, 0.15) is 32.2 Å². The Bertz CT molecular complexity index is 604. The van der Waals surface area contributed by atoms with Crippen LogP contribution in [0, 0.1) is 0 Å². The molecule has 0 aliphatic heterocycles. The predicted octanol–water partition coefficient (Wildman–Crippen LogP) is 2.99. The molecule has 5 nitrogen and oxygen atoms in total. The molecule has 21 heavy (non-hydrogen) atoms. The molecule has 0 saturated heterocycles. The first-order valence-electron chi connectivity index (χ1n) is 6.83. The monoisotopic (exact) mass is 352 g/mol. The second-order valence-corrected chi connectivity index (χ2v) is 6.81. The number of nitrogens with zero attached hydrogens (tertiary/aromatic N) is 3. The summed E-state index contributed by atoms with van der Waals surface area (Å²) < 4.78 is 8.32. The number of halogens is 1. The van der Waals surface area contributed by atoms with Gasteiger partial charge in [0, 0.05) is 15.6 Å². The van der Waals surface area contributed by atoms with Crippen molar-refractivity contribution in [1.29, 1.82) is 0 Å². The summed E-state index contributed by atoms with van der Waals surface area (Å²) >= 11 is 3.49. The van der Waals surface area contributed by atoms with Crippen molar-refractivity contribution in [2.75, 3.05) is 7.11 Å². The number of rotatable bonds is 5. The Morgan fingerprint density at radius 2 is 2.10 bits per heavy atom. The van der Waals surface area contributed by atoms with Crippen molar-refractivity contribution < 1.29 is 4.74 Å². The maximum atomic E-state index is 5.41. The lowest BCUT2D eigenvalue weighted by Crippen LogP contribution is -2.36. The van der Waals surface area contributed by atoms with Crippen LogP contribution in [0.3, 0.4) is 0 Å². The summed E-state index contributed by atoms with van der Waals surface area (Å²) in [5, 5.41) is 7.74. The average molecular weight is 353 g/mol. The van der Waals surface area contributed by atoms with E-state index in [1.165, 1.54) is 0 Å². The zero-order valence-corrected chi connectivity index (χ0v) is 14.4. The van der Waals surface area contributed by atoms with E-state index in [1.54, 1.807) is 13.4 Å². The molecule has 6 heteroatoms. The minimum atomic E-state index is 0.0459. The molecule has 2 aromatic rings. The average Bonchev–Trinajstić information content (AvgIpc) is 2.83. The lowest BCUT2D eigenvalue weighted by molar-refractivity contribution is 0.400. The molecule has 0 bridgehead atoms. The van der Waals surface area contributed by atoms with Gasteiger partial charge >= 0.3 is 0 Å². The Hall–Kier alpha value is -1.40. The third kappa shape index (κ3) is 4.54. The predicted molar refractivity (Wildman–Crippen MR) is 86.4 cm³/mol. The zero-order chi connectivity index (χ0) is 15.5. The Morgan fingerprint density at radius 3 is 2.76 bits per heavy atom. The molecule has 114 valence electrons. The van der Waals surface area contributed by atoms with Crippen LogP contribution in [0.25, 0.3) is 0 Å². The fourth-order valence-electron chi connectivity index (χ4n) is 1.93. The molecule has 0 amide bonds. The molecule has 0 fully saturated rings. The lowest BCUT2D eigenvalue weighted by atomic mass is 10.1. The van der Waals surface area contributed by atoms with Crippen molar-refractivity contribution in [3.63, 3.8) is 0 Å². The van der Waals surface area contributed by atoms with Crippen molar-refractivity contribution in [1.82, 2.24) is 20.1 Å². The number of ether oxygens (including phenoxy) is 1. The first-order chi connectivity index (χ1) is 9.89. The van der Waals surface area contributed by atoms with Crippen LogP contribution in [-0.2, 0) is 13.1 Å². The van der Waals surface area contributed by atoms with Gasteiger partial charge in [-0.05, 0) is 39.0 Å². The standard InChI is InChI=1S/C15H21BrN4O/c1-15(2,3)18-8-14-17-10-19-20(14)9-11-7-12(16)5-6-13(11)21-4/h5-7,10,18H,8-9H2,1-4H3. The second kappa shape index (κ2) is 6.58. The number of hydrogen-bond acceptors (Lipinski definition) is 4. The highest BCUT2D eigenvalue weighted by Gasteiger charge is 2.13. The van der Waals surface area contributed by atoms with Crippen LogP contribution in [0.15, 0.2) is 29.0 Å². The third-order valence-electron chi connectivity index (χ3n) is 3.04. The van der Waals surface area contributed by atoms with Crippen LogP contribution in [0.5, 0.6) is 5.75 Å². The molecule has 1 heterocycles. The Morgan fingerprint density at radius 1 is 1.33 bits per heavy atom. The van der Waals surface area contributed by atoms with Gasteiger partial charge in [0.05, 0.1) is 20.2 Å². The van der Waals surface area contributed by atoms with E-state index in [-0.39, 0.29) is 5.54 Å². The summed E-state index contributed by atoms with van der Waals surface area (Å²) in [7, 11) is 1.68. The first kappa shape index (κ1) is 16.0. The van der Waals surface area contributed by atoms with Crippen LogP contribution >= 0.6 is 15.9 Å². The van der Waals surface area contributed by atoms with Crippen molar-refractivity contribution in [3.8, 4) is 5.75 Å². The summed E-state index contributed by atoms with van der Waals surface area (Å²) in [6.07, 6.45) is 1.59.